The second-order valence-electron chi connectivity index (χ2n) is 13.2. The molecule has 2 aromatic carbocycles. The second-order valence-corrected chi connectivity index (χ2v) is 13.2. The third-order valence-electron chi connectivity index (χ3n) is 9.09. The zero-order chi connectivity index (χ0) is 31.4. The minimum absolute atomic E-state index is 0.0964. The van der Waals surface area contributed by atoms with Crippen molar-refractivity contribution in [3.8, 4) is 5.75 Å². The molecule has 8 heteroatoms. The minimum Gasteiger partial charge on any atom is -0.482 e. The molecule has 2 aliphatic rings. The predicted octanol–water partition coefficient (Wildman–Crippen LogP) is 6.71. The number of hydrogen-bond acceptors (Lipinski definition) is 6. The van der Waals surface area contributed by atoms with Crippen LogP contribution in [0.1, 0.15) is 67.1 Å². The van der Waals surface area contributed by atoms with Crippen molar-refractivity contribution in [2.75, 3.05) is 36.0 Å². The molecule has 4 heterocycles. The highest BCUT2D eigenvalue weighted by atomic mass is 19.1. The van der Waals surface area contributed by atoms with Crippen molar-refractivity contribution < 1.29 is 13.9 Å². The average molecular weight is 608 g/mol. The van der Waals surface area contributed by atoms with Gasteiger partial charge < -0.3 is 19.9 Å². The molecule has 0 aliphatic carbocycles. The van der Waals surface area contributed by atoms with Crippen molar-refractivity contribution in [2.24, 2.45) is 0 Å². The molecule has 7 nitrogen and oxygen atoms in total. The van der Waals surface area contributed by atoms with Gasteiger partial charge in [-0.25, -0.2) is 9.37 Å². The van der Waals surface area contributed by atoms with E-state index in [1.165, 1.54) is 17.2 Å². The lowest BCUT2D eigenvalue weighted by atomic mass is 9.86. The van der Waals surface area contributed by atoms with Crippen LogP contribution < -0.4 is 19.9 Å². The Balaban J connectivity index is 1.08. The van der Waals surface area contributed by atoms with Gasteiger partial charge in [-0.15, -0.1) is 0 Å². The summed E-state index contributed by atoms with van der Waals surface area (Å²) in [5.74, 6) is 0.731. The van der Waals surface area contributed by atoms with E-state index in [-0.39, 0.29) is 17.1 Å². The maximum atomic E-state index is 15.3. The van der Waals surface area contributed by atoms with Crippen LogP contribution in [0.15, 0.2) is 85.3 Å². The Kier molecular flexibility index (Phi) is 8.74. The lowest BCUT2D eigenvalue weighted by Crippen LogP contribution is -2.49. The Morgan fingerprint density at radius 2 is 1.67 bits per heavy atom. The van der Waals surface area contributed by atoms with E-state index in [9.17, 15) is 4.79 Å². The van der Waals surface area contributed by atoms with Gasteiger partial charge in [0.05, 0.1) is 11.3 Å². The molecule has 1 amide bonds. The number of carbonyl (C=O) groups excluding carboxylic acids is 1. The average Bonchev–Trinajstić information content (AvgIpc) is 3.19. The van der Waals surface area contributed by atoms with Gasteiger partial charge in [0.2, 0.25) is 0 Å². The van der Waals surface area contributed by atoms with Crippen LogP contribution in [0.25, 0.3) is 0 Å². The number of para-hydroxylation sites is 1. The van der Waals surface area contributed by atoms with Crippen molar-refractivity contribution in [3.63, 3.8) is 0 Å². The predicted molar refractivity (Wildman–Crippen MR) is 177 cm³/mol. The molecule has 0 atom stereocenters. The highest BCUT2D eigenvalue weighted by molar-refractivity contribution is 5.94. The zero-order valence-electron chi connectivity index (χ0n) is 26.4. The van der Waals surface area contributed by atoms with Crippen LogP contribution in [0.3, 0.4) is 0 Å². The maximum Gasteiger partial charge on any atom is 0.252 e. The molecule has 0 unspecified atom stereocenters. The van der Waals surface area contributed by atoms with Crippen molar-refractivity contribution >= 4 is 17.4 Å². The van der Waals surface area contributed by atoms with E-state index in [0.717, 1.165) is 62.4 Å². The molecule has 4 aromatic rings. The fourth-order valence-electron chi connectivity index (χ4n) is 6.24. The van der Waals surface area contributed by atoms with E-state index in [2.05, 4.69) is 70.1 Å². The largest absolute Gasteiger partial charge is 0.482 e. The first-order chi connectivity index (χ1) is 21.7. The molecular formula is C37H42FN5O2. The molecule has 1 spiro atoms. The number of fused-ring (bicyclic) bond motifs is 1. The highest BCUT2D eigenvalue weighted by Gasteiger charge is 2.41. The van der Waals surface area contributed by atoms with Crippen LogP contribution in [0, 0.1) is 5.82 Å². The van der Waals surface area contributed by atoms with Gasteiger partial charge in [0, 0.05) is 70.6 Å². The van der Waals surface area contributed by atoms with Crippen LogP contribution >= 0.6 is 0 Å². The Morgan fingerprint density at radius 1 is 0.933 bits per heavy atom. The Labute approximate surface area is 265 Å². The number of hydrogen-bond donors (Lipinski definition) is 1. The standard InChI is InChI=1S/C37H42FN5O2/c1-36(2,3)30-10-7-28(8-11-30)26-43-24-18-37(45-34-31(38)5-4-6-32(34)43)16-22-42(23-17-37)33-12-9-29(25-41-33)35(44)40-21-15-27-13-19-39-20-14-27/h4-14,19-20,25H,15-18,21-24,26H2,1-3H3,(H,40,44). The third-order valence-corrected chi connectivity index (χ3v) is 9.09. The number of nitrogens with one attached hydrogen (secondary N) is 1. The molecule has 2 aliphatic heterocycles. The fraction of sp³-hybridized carbons (Fsp3) is 0.378. The van der Waals surface area contributed by atoms with Gasteiger partial charge >= 0.3 is 0 Å². The summed E-state index contributed by atoms with van der Waals surface area (Å²) in [6.07, 6.45) is 8.21. The van der Waals surface area contributed by atoms with Gasteiger partial charge in [-0.3, -0.25) is 9.78 Å². The van der Waals surface area contributed by atoms with E-state index in [4.69, 9.17) is 4.74 Å². The quantitative estimate of drug-likeness (QED) is 0.252. The molecule has 1 saturated heterocycles. The van der Waals surface area contributed by atoms with E-state index in [1.54, 1.807) is 24.7 Å². The molecular weight excluding hydrogens is 565 g/mol. The van der Waals surface area contributed by atoms with Gasteiger partial charge in [-0.1, -0.05) is 51.1 Å². The molecule has 0 saturated carbocycles. The number of halogens is 1. The lowest BCUT2D eigenvalue weighted by Gasteiger charge is -2.41. The van der Waals surface area contributed by atoms with Crippen LogP contribution in [0.2, 0.25) is 0 Å². The van der Waals surface area contributed by atoms with Crippen molar-refractivity contribution in [1.29, 1.82) is 0 Å². The number of amides is 1. The summed E-state index contributed by atoms with van der Waals surface area (Å²) in [5.41, 5.74) is 4.61. The molecule has 45 heavy (non-hydrogen) atoms. The summed E-state index contributed by atoms with van der Waals surface area (Å²) in [4.78, 5) is 25.8. The molecule has 0 radical (unpaired) electrons. The second kappa shape index (κ2) is 12.9. The van der Waals surface area contributed by atoms with Crippen LogP contribution in [0.4, 0.5) is 15.9 Å². The monoisotopic (exact) mass is 607 g/mol. The van der Waals surface area contributed by atoms with E-state index in [0.29, 0.717) is 24.4 Å². The Morgan fingerprint density at radius 3 is 2.36 bits per heavy atom. The summed E-state index contributed by atoms with van der Waals surface area (Å²) in [5, 5.41) is 2.97. The molecule has 1 fully saturated rings. The zero-order valence-corrected chi connectivity index (χ0v) is 26.4. The SMILES string of the molecule is CC(C)(C)c1ccc(CN2CCC3(CCN(c4ccc(C(=O)NCCc5ccncc5)cn4)CC3)Oc3c(F)cccc32)cc1. The summed E-state index contributed by atoms with van der Waals surface area (Å²) < 4.78 is 21.9. The van der Waals surface area contributed by atoms with Crippen molar-refractivity contribution in [3.05, 3.63) is 113 Å². The van der Waals surface area contributed by atoms with Crippen molar-refractivity contribution in [2.45, 2.75) is 64.0 Å². The van der Waals surface area contributed by atoms with E-state index < -0.39 is 5.60 Å². The molecule has 6 rings (SSSR count). The summed E-state index contributed by atoms with van der Waals surface area (Å²) in [7, 11) is 0. The lowest BCUT2D eigenvalue weighted by molar-refractivity contribution is 0.0374. The first-order valence-corrected chi connectivity index (χ1v) is 15.9. The normalized spacial score (nSPS) is 16.1. The first-order valence-electron chi connectivity index (χ1n) is 15.9. The third kappa shape index (κ3) is 7.11. The number of nitrogens with zero attached hydrogens (tertiary/aromatic N) is 4. The van der Waals surface area contributed by atoms with E-state index in [1.807, 2.05) is 30.3 Å². The van der Waals surface area contributed by atoms with Gasteiger partial charge in [0.15, 0.2) is 11.6 Å². The number of carbonyl (C=O) groups is 1. The number of ether oxygens (including phenoxy) is 1. The smallest absolute Gasteiger partial charge is 0.252 e. The van der Waals surface area contributed by atoms with Crippen molar-refractivity contribution in [1.82, 2.24) is 15.3 Å². The summed E-state index contributed by atoms with van der Waals surface area (Å²) in [6, 6.07) is 21.6. The molecule has 234 valence electrons. The van der Waals surface area contributed by atoms with Gasteiger partial charge in [-0.2, -0.15) is 0 Å². The van der Waals surface area contributed by atoms with Crippen LogP contribution in [-0.4, -0.2) is 47.7 Å². The number of piperidine rings is 1. The molecule has 1 N–H and O–H groups in total. The number of aromatic nitrogens is 2. The van der Waals surface area contributed by atoms with Crippen LogP contribution in [-0.2, 0) is 18.4 Å². The molecule has 2 aromatic heterocycles. The number of rotatable bonds is 7. The van der Waals surface area contributed by atoms with Crippen LogP contribution in [0.5, 0.6) is 5.75 Å². The van der Waals surface area contributed by atoms with Gasteiger partial charge in [0.1, 0.15) is 11.4 Å². The maximum absolute atomic E-state index is 15.3. The summed E-state index contributed by atoms with van der Waals surface area (Å²) >= 11 is 0. The van der Waals surface area contributed by atoms with Gasteiger partial charge in [-0.05, 0) is 64.9 Å². The number of benzene rings is 2. The Bertz CT molecular complexity index is 1600. The fourth-order valence-corrected chi connectivity index (χ4v) is 6.24. The summed E-state index contributed by atoms with van der Waals surface area (Å²) in [6.45, 7) is 10.1. The number of pyridine rings is 2. The topological polar surface area (TPSA) is 70.6 Å². The molecule has 0 bridgehead atoms. The Hall–Kier alpha value is -4.46. The minimum atomic E-state index is -0.451. The van der Waals surface area contributed by atoms with E-state index >= 15 is 4.39 Å². The highest BCUT2D eigenvalue weighted by Crippen LogP contribution is 2.43. The number of anilines is 2. The van der Waals surface area contributed by atoms with Gasteiger partial charge in [0.25, 0.3) is 5.91 Å². The first kappa shape index (κ1) is 30.6.